The van der Waals surface area contributed by atoms with E-state index < -0.39 is 31.2 Å². The molecule has 0 amide bonds. The molecule has 2 aliphatic rings. The van der Waals surface area contributed by atoms with Gasteiger partial charge in [0, 0.05) is 25.1 Å². The third-order valence-corrected chi connectivity index (χ3v) is 5.00. The predicted molar refractivity (Wildman–Crippen MR) is 106 cm³/mol. The molecule has 31 heavy (non-hydrogen) atoms. The monoisotopic (exact) mass is 436 g/mol. The molecule has 0 fully saturated rings. The van der Waals surface area contributed by atoms with E-state index in [2.05, 4.69) is 6.58 Å². The van der Waals surface area contributed by atoms with Crippen molar-refractivity contribution in [1.29, 1.82) is 0 Å². The molecule has 0 unspecified atom stereocenters. The van der Waals surface area contributed by atoms with E-state index in [0.29, 0.717) is 17.1 Å². The Morgan fingerprint density at radius 2 is 2.10 bits per heavy atom. The highest BCUT2D eigenvalue weighted by Crippen LogP contribution is 2.37. The molecular formula is C21H23BF2O7. The summed E-state index contributed by atoms with van der Waals surface area (Å²) in [5.74, 6) is -3.57. The molecule has 0 aliphatic carbocycles. The second-order valence-electron chi connectivity index (χ2n) is 7.71. The molecule has 166 valence electrons. The van der Waals surface area contributed by atoms with Crippen LogP contribution in [0.2, 0.25) is 5.82 Å². The minimum atomic E-state index is -2.92. The molecule has 1 atom stereocenters. The van der Waals surface area contributed by atoms with E-state index in [9.17, 15) is 23.4 Å². The molecule has 1 aromatic rings. The molecule has 7 nitrogen and oxygen atoms in total. The van der Waals surface area contributed by atoms with Gasteiger partial charge in [-0.25, -0.2) is 13.6 Å². The normalized spacial score (nSPS) is 18.2. The minimum Gasteiger partial charge on any atom is -0.535 e. The fraction of sp³-hybridized carbons (Fsp3) is 0.429. The van der Waals surface area contributed by atoms with Crippen LogP contribution in [0, 0.1) is 0 Å². The fourth-order valence-corrected chi connectivity index (χ4v) is 3.37. The molecule has 0 radical (unpaired) electrons. The summed E-state index contributed by atoms with van der Waals surface area (Å²) in [5.41, 5.74) is 0.727. The lowest BCUT2D eigenvalue weighted by molar-refractivity contribution is -0.121. The molecule has 2 aliphatic heterocycles. The Bertz CT molecular complexity index is 923. The van der Waals surface area contributed by atoms with Gasteiger partial charge in [0.25, 0.3) is 5.95 Å². The molecule has 0 bridgehead atoms. The molecule has 10 heteroatoms. The molecular weight excluding hydrogens is 413 g/mol. The second kappa shape index (κ2) is 9.09. The van der Waals surface area contributed by atoms with Gasteiger partial charge in [-0.05, 0) is 38.5 Å². The van der Waals surface area contributed by atoms with Crippen molar-refractivity contribution in [1.82, 2.24) is 0 Å². The molecule has 2 heterocycles. The lowest BCUT2D eigenvalue weighted by atomic mass is 9.64. The van der Waals surface area contributed by atoms with Gasteiger partial charge in [-0.2, -0.15) is 0 Å². The number of halogens is 2. The Kier molecular flexibility index (Phi) is 6.69. The zero-order valence-corrected chi connectivity index (χ0v) is 17.3. The topological polar surface area (TPSA) is 91.3 Å². The number of ketones is 1. The second-order valence-corrected chi connectivity index (χ2v) is 7.71. The quantitative estimate of drug-likeness (QED) is 0.490. The van der Waals surface area contributed by atoms with Gasteiger partial charge < -0.3 is 23.9 Å². The van der Waals surface area contributed by atoms with Gasteiger partial charge in [0.2, 0.25) is 5.92 Å². The van der Waals surface area contributed by atoms with Crippen molar-refractivity contribution < 1.29 is 42.3 Å². The van der Waals surface area contributed by atoms with Gasteiger partial charge in [-0.15, -0.1) is 0 Å². The number of carbonyl (C=O) groups excluding carboxylic acids is 2. The zero-order valence-electron chi connectivity index (χ0n) is 17.3. The van der Waals surface area contributed by atoms with Crippen LogP contribution in [0.15, 0.2) is 42.2 Å². The van der Waals surface area contributed by atoms with E-state index in [1.54, 1.807) is 19.1 Å². The van der Waals surface area contributed by atoms with E-state index in [0.717, 1.165) is 6.92 Å². The average Bonchev–Trinajstić information content (AvgIpc) is 3.01. The molecule has 1 N–H and O–H groups in total. The van der Waals surface area contributed by atoms with Crippen molar-refractivity contribution in [2.45, 2.75) is 51.3 Å². The van der Waals surface area contributed by atoms with Crippen molar-refractivity contribution in [2.24, 2.45) is 0 Å². The van der Waals surface area contributed by atoms with Crippen molar-refractivity contribution in [3.8, 4) is 5.75 Å². The molecule has 0 saturated carbocycles. The number of esters is 1. The Labute approximate surface area is 178 Å². The van der Waals surface area contributed by atoms with E-state index in [1.165, 1.54) is 6.07 Å². The van der Waals surface area contributed by atoms with Crippen LogP contribution >= 0.6 is 0 Å². The zero-order chi connectivity index (χ0) is 22.8. The first-order chi connectivity index (χ1) is 14.5. The Morgan fingerprint density at radius 1 is 1.35 bits per heavy atom. The largest absolute Gasteiger partial charge is 0.535 e. The predicted octanol–water partition coefficient (Wildman–Crippen LogP) is 3.77. The number of alkyl halides is 2. The smallest absolute Gasteiger partial charge is 0.526 e. The maximum absolute atomic E-state index is 13.0. The number of para-hydroxylation sites is 1. The fourth-order valence-electron chi connectivity index (χ4n) is 3.37. The van der Waals surface area contributed by atoms with Gasteiger partial charge in [0.05, 0.1) is 0 Å². The molecule has 0 saturated heterocycles. The first-order valence-corrected chi connectivity index (χ1v) is 9.81. The van der Waals surface area contributed by atoms with Crippen molar-refractivity contribution >= 4 is 18.9 Å². The summed E-state index contributed by atoms with van der Waals surface area (Å²) in [4.78, 5) is 24.6. The van der Waals surface area contributed by atoms with Crippen LogP contribution < -0.4 is 4.65 Å². The maximum Gasteiger partial charge on any atom is 0.526 e. The number of benzene rings is 1. The SMILES string of the molecule is C=C1OC(C)=C(COC(=O)c2cccc3c2OB(O)[C@@H](CC(=O)CCC(C)(F)F)C3)O1. The first-order valence-electron chi connectivity index (χ1n) is 9.81. The number of carbonyl (C=O) groups is 2. The van der Waals surface area contributed by atoms with Gasteiger partial charge in [-0.3, -0.25) is 4.79 Å². The molecule has 0 spiro atoms. The van der Waals surface area contributed by atoms with Gasteiger partial charge in [0.1, 0.15) is 22.9 Å². The third-order valence-electron chi connectivity index (χ3n) is 5.00. The van der Waals surface area contributed by atoms with Gasteiger partial charge >= 0.3 is 13.1 Å². The van der Waals surface area contributed by atoms with Crippen LogP contribution in [0.4, 0.5) is 8.78 Å². The number of hydrogen-bond donors (Lipinski definition) is 1. The third kappa shape index (κ3) is 5.84. The van der Waals surface area contributed by atoms with Crippen molar-refractivity contribution in [3.05, 3.63) is 53.4 Å². The lowest BCUT2D eigenvalue weighted by Gasteiger charge is -2.28. The summed E-state index contributed by atoms with van der Waals surface area (Å²) in [6.07, 6.45) is -0.660. The number of rotatable bonds is 8. The van der Waals surface area contributed by atoms with Crippen LogP contribution in [-0.2, 0) is 25.4 Å². The highest BCUT2D eigenvalue weighted by Gasteiger charge is 2.38. The van der Waals surface area contributed by atoms with Crippen LogP contribution in [0.3, 0.4) is 0 Å². The number of allylic oxidation sites excluding steroid dienone is 1. The van der Waals surface area contributed by atoms with E-state index in [4.69, 9.17) is 18.9 Å². The Balaban J connectivity index is 1.64. The standard InChI is InChI=1S/C21H23BF2O7/c1-12-18(30-13(2)29-12)11-28-20(26)17-6-4-5-14-9-15(22(27)31-19(14)17)10-16(25)7-8-21(3,23)24/h4-6,15,27H,2,7-11H2,1,3H3/t15-/m1/s1. The highest BCUT2D eigenvalue weighted by molar-refractivity contribution is 6.47. The summed E-state index contributed by atoms with van der Waals surface area (Å²) in [6, 6.07) is 4.84. The molecule has 3 rings (SSSR count). The number of ether oxygens (including phenoxy) is 3. The summed E-state index contributed by atoms with van der Waals surface area (Å²) in [6.45, 7) is 5.76. The van der Waals surface area contributed by atoms with Crippen LogP contribution in [0.1, 0.15) is 49.0 Å². The summed E-state index contributed by atoms with van der Waals surface area (Å²) < 4.78 is 47.1. The number of Topliss-reactive ketones (excluding diaryl/α,β-unsaturated/α-hetero) is 1. The molecule has 1 aromatic carbocycles. The maximum atomic E-state index is 13.0. The van der Waals surface area contributed by atoms with Gasteiger partial charge in [0.15, 0.2) is 12.4 Å². The highest BCUT2D eigenvalue weighted by atomic mass is 19.3. The van der Waals surface area contributed by atoms with E-state index in [-0.39, 0.29) is 48.9 Å². The summed E-state index contributed by atoms with van der Waals surface area (Å²) >= 11 is 0. The minimum absolute atomic E-state index is 0.0929. The Morgan fingerprint density at radius 3 is 2.74 bits per heavy atom. The van der Waals surface area contributed by atoms with E-state index in [1.807, 2.05) is 0 Å². The number of fused-ring (bicyclic) bond motifs is 1. The van der Waals surface area contributed by atoms with Crippen LogP contribution in [0.25, 0.3) is 0 Å². The van der Waals surface area contributed by atoms with Crippen LogP contribution in [0.5, 0.6) is 5.75 Å². The average molecular weight is 436 g/mol. The first kappa shape index (κ1) is 22.8. The molecule has 0 aromatic heterocycles. The van der Waals surface area contributed by atoms with Gasteiger partial charge in [-0.1, -0.05) is 12.1 Å². The van der Waals surface area contributed by atoms with Crippen molar-refractivity contribution in [2.75, 3.05) is 6.61 Å². The summed E-state index contributed by atoms with van der Waals surface area (Å²) in [5, 5.41) is 10.3. The lowest BCUT2D eigenvalue weighted by Crippen LogP contribution is -2.36. The van der Waals surface area contributed by atoms with Crippen molar-refractivity contribution in [3.63, 3.8) is 0 Å². The Hall–Kier alpha value is -2.88. The van der Waals surface area contributed by atoms with E-state index >= 15 is 0 Å². The number of hydrogen-bond acceptors (Lipinski definition) is 7. The summed E-state index contributed by atoms with van der Waals surface area (Å²) in [7, 11) is -1.35. The van der Waals surface area contributed by atoms with Crippen LogP contribution in [-0.4, -0.2) is 36.4 Å².